The molecule has 0 bridgehead atoms. The summed E-state index contributed by atoms with van der Waals surface area (Å²) in [6.45, 7) is 0. The van der Waals surface area contributed by atoms with Crippen LogP contribution in [0.4, 0.5) is 16.0 Å². The molecule has 4 rings (SSSR count). The fraction of sp³-hybridized carbons (Fsp3) is 0.333. The van der Waals surface area contributed by atoms with Gasteiger partial charge in [-0.1, -0.05) is 18.9 Å². The average Bonchev–Trinajstić information content (AvgIpc) is 3.03. The SMILES string of the molecule is N#Cc1cnc(Nc2cc(-c3c(F)cccc3OC3CCCCCC3)[nH]n2)cn1. The number of halogens is 1. The van der Waals surface area contributed by atoms with Crippen LogP contribution in [0.15, 0.2) is 36.7 Å². The lowest BCUT2D eigenvalue weighted by Crippen LogP contribution is -2.15. The van der Waals surface area contributed by atoms with E-state index in [1.165, 1.54) is 31.3 Å². The van der Waals surface area contributed by atoms with Crippen molar-refractivity contribution >= 4 is 11.6 Å². The molecule has 148 valence electrons. The third-order valence-electron chi connectivity index (χ3n) is 4.94. The molecule has 1 fully saturated rings. The average molecular weight is 392 g/mol. The second-order valence-electron chi connectivity index (χ2n) is 7.03. The molecule has 2 aromatic heterocycles. The molecule has 7 nitrogen and oxygen atoms in total. The van der Waals surface area contributed by atoms with Crippen molar-refractivity contribution in [2.75, 3.05) is 5.32 Å². The Bertz CT molecular complexity index is 1000. The quantitative estimate of drug-likeness (QED) is 0.609. The maximum Gasteiger partial charge on any atom is 0.158 e. The number of H-pyrrole nitrogens is 1. The molecule has 0 spiro atoms. The normalized spacial score (nSPS) is 14.8. The van der Waals surface area contributed by atoms with Crippen LogP contribution in [0, 0.1) is 17.1 Å². The number of benzene rings is 1. The summed E-state index contributed by atoms with van der Waals surface area (Å²) < 4.78 is 20.9. The van der Waals surface area contributed by atoms with E-state index in [1.54, 1.807) is 18.2 Å². The summed E-state index contributed by atoms with van der Waals surface area (Å²) in [6, 6.07) is 8.47. The van der Waals surface area contributed by atoms with Crippen molar-refractivity contribution in [3.63, 3.8) is 0 Å². The molecule has 2 N–H and O–H groups in total. The van der Waals surface area contributed by atoms with Gasteiger partial charge in [-0.05, 0) is 37.8 Å². The second kappa shape index (κ2) is 8.69. The van der Waals surface area contributed by atoms with Gasteiger partial charge in [-0.3, -0.25) is 5.10 Å². The minimum atomic E-state index is -0.371. The van der Waals surface area contributed by atoms with Gasteiger partial charge in [0.2, 0.25) is 0 Å². The fourth-order valence-corrected chi connectivity index (χ4v) is 3.50. The molecule has 0 unspecified atom stereocenters. The van der Waals surface area contributed by atoms with Crippen molar-refractivity contribution in [2.45, 2.75) is 44.6 Å². The number of aromatic nitrogens is 4. The molecular weight excluding hydrogens is 371 g/mol. The van der Waals surface area contributed by atoms with E-state index < -0.39 is 0 Å². The van der Waals surface area contributed by atoms with E-state index in [0.29, 0.717) is 28.6 Å². The van der Waals surface area contributed by atoms with Gasteiger partial charge in [0.15, 0.2) is 11.5 Å². The van der Waals surface area contributed by atoms with E-state index >= 15 is 0 Å². The molecule has 1 saturated carbocycles. The molecule has 1 aromatic carbocycles. The van der Waals surface area contributed by atoms with Gasteiger partial charge in [-0.25, -0.2) is 14.4 Å². The van der Waals surface area contributed by atoms with Crippen LogP contribution in [0.5, 0.6) is 5.75 Å². The van der Waals surface area contributed by atoms with Crippen molar-refractivity contribution in [1.82, 2.24) is 20.2 Å². The second-order valence-corrected chi connectivity index (χ2v) is 7.03. The van der Waals surface area contributed by atoms with Gasteiger partial charge in [0.05, 0.1) is 29.8 Å². The molecule has 0 atom stereocenters. The van der Waals surface area contributed by atoms with Crippen LogP contribution in [-0.2, 0) is 0 Å². The third-order valence-corrected chi connectivity index (χ3v) is 4.94. The molecular formula is C21H21FN6O. The molecule has 2 heterocycles. The summed E-state index contributed by atoms with van der Waals surface area (Å²) in [6.07, 6.45) is 9.62. The van der Waals surface area contributed by atoms with E-state index in [9.17, 15) is 4.39 Å². The first-order valence-corrected chi connectivity index (χ1v) is 9.73. The Balaban J connectivity index is 1.55. The summed E-state index contributed by atoms with van der Waals surface area (Å²) in [7, 11) is 0. The molecule has 3 aromatic rings. The Morgan fingerprint density at radius 2 is 1.93 bits per heavy atom. The number of nitrogens with one attached hydrogen (secondary N) is 2. The number of ether oxygens (including phenoxy) is 1. The van der Waals surface area contributed by atoms with Gasteiger partial charge in [0, 0.05) is 6.07 Å². The predicted molar refractivity (Wildman–Crippen MR) is 106 cm³/mol. The Morgan fingerprint density at radius 1 is 1.10 bits per heavy atom. The zero-order valence-electron chi connectivity index (χ0n) is 15.9. The number of hydrogen-bond donors (Lipinski definition) is 2. The van der Waals surface area contributed by atoms with Crippen LogP contribution in [0.3, 0.4) is 0 Å². The molecule has 1 aliphatic carbocycles. The number of nitrogens with zero attached hydrogens (tertiary/aromatic N) is 4. The highest BCUT2D eigenvalue weighted by Crippen LogP contribution is 2.35. The number of nitriles is 1. The summed E-state index contributed by atoms with van der Waals surface area (Å²) in [5, 5.41) is 18.8. The molecule has 0 amide bonds. The summed E-state index contributed by atoms with van der Waals surface area (Å²) in [4.78, 5) is 8.05. The van der Waals surface area contributed by atoms with Crippen molar-refractivity contribution in [1.29, 1.82) is 5.26 Å². The van der Waals surface area contributed by atoms with Crippen molar-refractivity contribution in [3.05, 3.63) is 48.2 Å². The zero-order valence-corrected chi connectivity index (χ0v) is 15.9. The van der Waals surface area contributed by atoms with Crippen LogP contribution in [0.2, 0.25) is 0 Å². The predicted octanol–water partition coefficient (Wildman–Crippen LogP) is 4.72. The highest BCUT2D eigenvalue weighted by Gasteiger charge is 2.19. The monoisotopic (exact) mass is 392 g/mol. The number of anilines is 2. The molecule has 29 heavy (non-hydrogen) atoms. The van der Waals surface area contributed by atoms with Gasteiger partial charge in [-0.2, -0.15) is 10.4 Å². The lowest BCUT2D eigenvalue weighted by atomic mass is 10.1. The first-order chi connectivity index (χ1) is 14.2. The largest absolute Gasteiger partial charge is 0.490 e. The third kappa shape index (κ3) is 4.51. The Kier molecular flexibility index (Phi) is 5.66. The van der Waals surface area contributed by atoms with Crippen LogP contribution >= 0.6 is 0 Å². The lowest BCUT2D eigenvalue weighted by Gasteiger charge is -2.19. The van der Waals surface area contributed by atoms with Gasteiger partial charge in [-0.15, -0.1) is 0 Å². The summed E-state index contributed by atoms with van der Waals surface area (Å²) >= 11 is 0. The van der Waals surface area contributed by atoms with E-state index in [4.69, 9.17) is 10.00 Å². The molecule has 0 aliphatic heterocycles. The zero-order chi connectivity index (χ0) is 20.1. The van der Waals surface area contributed by atoms with Crippen molar-refractivity contribution < 1.29 is 9.13 Å². The Hall–Kier alpha value is -3.47. The molecule has 0 radical (unpaired) electrons. The summed E-state index contributed by atoms with van der Waals surface area (Å²) in [5.41, 5.74) is 1.10. The number of rotatable bonds is 5. The van der Waals surface area contributed by atoms with Crippen LogP contribution in [-0.4, -0.2) is 26.3 Å². The van der Waals surface area contributed by atoms with E-state index in [-0.39, 0.29) is 17.6 Å². The van der Waals surface area contributed by atoms with Gasteiger partial charge in [0.1, 0.15) is 23.5 Å². The standard InChI is InChI=1S/C21H21FN6O/c22-16-8-5-9-18(29-15-6-3-1-2-4-7-15)21(16)17-10-19(28-27-17)26-20-13-24-14(11-23)12-25-20/h5,8-10,12-13,15H,1-4,6-7H2,(H2,25,26,27,28). The minimum Gasteiger partial charge on any atom is -0.490 e. The van der Waals surface area contributed by atoms with E-state index in [2.05, 4.69) is 25.5 Å². The maximum atomic E-state index is 14.7. The molecule has 8 heteroatoms. The first kappa shape index (κ1) is 18.9. The van der Waals surface area contributed by atoms with Gasteiger partial charge < -0.3 is 10.1 Å². The molecule has 0 saturated heterocycles. The Labute approximate surface area is 168 Å². The number of aromatic amines is 1. The Morgan fingerprint density at radius 3 is 2.66 bits per heavy atom. The highest BCUT2D eigenvalue weighted by molar-refractivity contribution is 5.71. The smallest absolute Gasteiger partial charge is 0.158 e. The van der Waals surface area contributed by atoms with Crippen molar-refractivity contribution in [2.24, 2.45) is 0 Å². The van der Waals surface area contributed by atoms with Gasteiger partial charge in [0.25, 0.3) is 0 Å². The van der Waals surface area contributed by atoms with Crippen LogP contribution in [0.1, 0.15) is 44.2 Å². The lowest BCUT2D eigenvalue weighted by molar-refractivity contribution is 0.184. The maximum absolute atomic E-state index is 14.7. The topological polar surface area (TPSA) is 99.5 Å². The molecule has 1 aliphatic rings. The minimum absolute atomic E-state index is 0.104. The van der Waals surface area contributed by atoms with Gasteiger partial charge >= 0.3 is 0 Å². The number of hydrogen-bond acceptors (Lipinski definition) is 6. The van der Waals surface area contributed by atoms with E-state index in [0.717, 1.165) is 25.7 Å². The highest BCUT2D eigenvalue weighted by atomic mass is 19.1. The fourth-order valence-electron chi connectivity index (χ4n) is 3.50. The van der Waals surface area contributed by atoms with Crippen LogP contribution < -0.4 is 10.1 Å². The van der Waals surface area contributed by atoms with E-state index in [1.807, 2.05) is 6.07 Å². The first-order valence-electron chi connectivity index (χ1n) is 9.73. The van der Waals surface area contributed by atoms with Crippen LogP contribution in [0.25, 0.3) is 11.3 Å². The van der Waals surface area contributed by atoms with Crippen molar-refractivity contribution in [3.8, 4) is 23.1 Å². The summed E-state index contributed by atoms with van der Waals surface area (Å²) in [5.74, 6) is 1.04.